The third-order valence-electron chi connectivity index (χ3n) is 6.77. The van der Waals surface area contributed by atoms with Crippen LogP contribution in [0.5, 0.6) is 0 Å². The lowest BCUT2D eigenvalue weighted by atomic mass is 9.88. The van der Waals surface area contributed by atoms with E-state index in [9.17, 15) is 19.5 Å². The van der Waals surface area contributed by atoms with E-state index in [-0.39, 0.29) is 11.8 Å². The van der Waals surface area contributed by atoms with Gasteiger partial charge in [-0.2, -0.15) is 0 Å². The number of carbonyl (C=O) groups is 3. The van der Waals surface area contributed by atoms with E-state index in [2.05, 4.69) is 4.90 Å². The lowest BCUT2D eigenvalue weighted by Crippen LogP contribution is -2.42. The molecule has 1 aliphatic carbocycles. The topological polar surface area (TPSA) is 96.4 Å². The maximum atomic E-state index is 12.5. The zero-order valence-corrected chi connectivity index (χ0v) is 19.8. The summed E-state index contributed by atoms with van der Waals surface area (Å²) in [4.78, 5) is 44.2. The summed E-state index contributed by atoms with van der Waals surface area (Å²) in [6.45, 7) is 2.71. The molecular weight excluding hydrogens is 448 g/mol. The fourth-order valence-corrected chi connectivity index (χ4v) is 4.97. The van der Waals surface area contributed by atoms with Crippen molar-refractivity contribution in [2.45, 2.75) is 51.0 Å². The van der Waals surface area contributed by atoms with Crippen molar-refractivity contribution in [3.63, 3.8) is 0 Å². The molecule has 2 fully saturated rings. The number of anilines is 1. The van der Waals surface area contributed by atoms with E-state index in [1.807, 2.05) is 30.3 Å². The first-order chi connectivity index (χ1) is 17.0. The van der Waals surface area contributed by atoms with Crippen molar-refractivity contribution in [2.24, 2.45) is 5.92 Å². The lowest BCUT2D eigenvalue weighted by molar-refractivity contribution is -0.172. The van der Waals surface area contributed by atoms with Crippen LogP contribution >= 0.6 is 0 Å². The average molecular weight is 481 g/mol. The number of ether oxygens (including phenoxy) is 1. The molecule has 0 spiro atoms. The number of hydroxylamine groups is 1. The first-order valence-electron chi connectivity index (χ1n) is 12.3. The van der Waals surface area contributed by atoms with Crippen LogP contribution in [0.25, 0.3) is 11.1 Å². The summed E-state index contributed by atoms with van der Waals surface area (Å²) in [5.41, 5.74) is 1.42. The van der Waals surface area contributed by atoms with Crippen LogP contribution in [-0.4, -0.2) is 53.8 Å². The molecule has 2 aromatic carbocycles. The van der Waals surface area contributed by atoms with Crippen LogP contribution in [0.3, 0.4) is 0 Å². The monoisotopic (exact) mass is 480 g/mol. The lowest BCUT2D eigenvalue weighted by Gasteiger charge is -2.34. The van der Waals surface area contributed by atoms with Crippen LogP contribution < -0.4 is 5.06 Å². The van der Waals surface area contributed by atoms with Gasteiger partial charge in [0.2, 0.25) is 0 Å². The van der Waals surface area contributed by atoms with Gasteiger partial charge >= 0.3 is 18.0 Å². The molecule has 1 saturated heterocycles. The molecule has 35 heavy (non-hydrogen) atoms. The van der Waals surface area contributed by atoms with Crippen molar-refractivity contribution in [1.82, 2.24) is 4.90 Å². The van der Waals surface area contributed by atoms with Crippen molar-refractivity contribution in [3.8, 4) is 11.1 Å². The number of amides is 1. The molecule has 0 bridgehead atoms. The highest BCUT2D eigenvalue weighted by molar-refractivity contribution is 6.30. The minimum atomic E-state index is -1.52. The molecule has 1 aliphatic heterocycles. The van der Waals surface area contributed by atoms with Crippen molar-refractivity contribution in [3.05, 3.63) is 54.6 Å². The van der Waals surface area contributed by atoms with Crippen molar-refractivity contribution in [1.29, 1.82) is 0 Å². The van der Waals surface area contributed by atoms with Crippen LogP contribution in [0.2, 0.25) is 0 Å². The number of nitrogens with zero attached hydrogens (tertiary/aromatic N) is 2. The number of carbonyl (C=O) groups excluding carboxylic acids is 2. The number of esters is 1. The van der Waals surface area contributed by atoms with E-state index in [1.165, 1.54) is 38.2 Å². The van der Waals surface area contributed by atoms with Crippen LogP contribution in [-0.2, 0) is 19.2 Å². The van der Waals surface area contributed by atoms with Gasteiger partial charge in [0.15, 0.2) is 0 Å². The molecule has 1 N–H and O–H groups in total. The minimum Gasteiger partial charge on any atom is -0.463 e. The summed E-state index contributed by atoms with van der Waals surface area (Å²) >= 11 is 0. The Bertz CT molecular complexity index is 1010. The second-order valence-corrected chi connectivity index (χ2v) is 9.25. The summed E-state index contributed by atoms with van der Waals surface area (Å²) in [6, 6.07) is 15.7. The fourth-order valence-electron chi connectivity index (χ4n) is 4.97. The molecule has 4 rings (SSSR count). The Kier molecular flexibility index (Phi) is 8.36. The molecule has 0 atom stereocenters. The van der Waals surface area contributed by atoms with Crippen LogP contribution in [0.4, 0.5) is 10.5 Å². The number of rotatable bonds is 5. The SMILES string of the molecule is O=C(OC1CCN(CC2CCCCC2)CC1)C(=O)ON(C(=O)O)c1ccccc1-c1ccccc1. The first kappa shape index (κ1) is 24.7. The molecule has 0 radical (unpaired) electrons. The highest BCUT2D eigenvalue weighted by Crippen LogP contribution is 2.31. The molecule has 0 unspecified atom stereocenters. The molecule has 186 valence electrons. The molecule has 2 aromatic rings. The summed E-state index contributed by atoms with van der Waals surface area (Å²) in [5, 5.41) is 10.1. The Labute approximate surface area is 205 Å². The fraction of sp³-hybridized carbons (Fsp3) is 0.444. The Morgan fingerprint density at radius 2 is 1.51 bits per heavy atom. The normalized spacial score (nSPS) is 17.5. The van der Waals surface area contributed by atoms with E-state index in [1.54, 1.807) is 18.2 Å². The van der Waals surface area contributed by atoms with Gasteiger partial charge in [-0.15, -0.1) is 5.06 Å². The number of hydrogen-bond acceptors (Lipinski definition) is 6. The predicted octanol–water partition coefficient (Wildman–Crippen LogP) is 4.88. The number of carboxylic acid groups (broad SMARTS) is 1. The number of para-hydroxylation sites is 1. The van der Waals surface area contributed by atoms with Crippen LogP contribution in [0, 0.1) is 5.92 Å². The minimum absolute atomic E-state index is 0.128. The zero-order valence-electron chi connectivity index (χ0n) is 19.8. The molecule has 1 saturated carbocycles. The Hall–Kier alpha value is -3.39. The Morgan fingerprint density at radius 3 is 2.20 bits per heavy atom. The predicted molar refractivity (Wildman–Crippen MR) is 131 cm³/mol. The van der Waals surface area contributed by atoms with Gasteiger partial charge < -0.3 is 19.6 Å². The molecule has 8 heteroatoms. The third-order valence-corrected chi connectivity index (χ3v) is 6.77. The molecule has 1 amide bonds. The van der Waals surface area contributed by atoms with Gasteiger partial charge in [0.25, 0.3) is 0 Å². The van der Waals surface area contributed by atoms with Gasteiger partial charge in [0.05, 0.1) is 5.69 Å². The Morgan fingerprint density at radius 1 is 0.857 bits per heavy atom. The third kappa shape index (κ3) is 6.60. The maximum Gasteiger partial charge on any atom is 0.445 e. The average Bonchev–Trinajstić information content (AvgIpc) is 2.89. The molecule has 8 nitrogen and oxygen atoms in total. The quantitative estimate of drug-likeness (QED) is 0.370. The van der Waals surface area contributed by atoms with Gasteiger partial charge in [-0.3, -0.25) is 0 Å². The van der Waals surface area contributed by atoms with Gasteiger partial charge in [0, 0.05) is 25.2 Å². The first-order valence-corrected chi connectivity index (χ1v) is 12.3. The number of piperidine rings is 1. The van der Waals surface area contributed by atoms with E-state index in [0.717, 1.165) is 31.1 Å². The van der Waals surface area contributed by atoms with Crippen LogP contribution in [0.15, 0.2) is 54.6 Å². The zero-order chi connectivity index (χ0) is 24.6. The van der Waals surface area contributed by atoms with E-state index in [0.29, 0.717) is 23.5 Å². The van der Waals surface area contributed by atoms with E-state index < -0.39 is 18.0 Å². The molecular formula is C27H32N2O6. The van der Waals surface area contributed by atoms with Gasteiger partial charge in [-0.05, 0) is 43.2 Å². The van der Waals surface area contributed by atoms with Gasteiger partial charge in [-0.1, -0.05) is 67.8 Å². The smallest absolute Gasteiger partial charge is 0.445 e. The van der Waals surface area contributed by atoms with Crippen molar-refractivity contribution >= 4 is 23.7 Å². The van der Waals surface area contributed by atoms with E-state index in [4.69, 9.17) is 9.57 Å². The Balaban J connectivity index is 1.33. The highest BCUT2D eigenvalue weighted by atomic mass is 16.7. The molecule has 0 aromatic heterocycles. The highest BCUT2D eigenvalue weighted by Gasteiger charge is 2.31. The molecule has 1 heterocycles. The van der Waals surface area contributed by atoms with Crippen LogP contribution in [0.1, 0.15) is 44.9 Å². The number of hydrogen-bond donors (Lipinski definition) is 1. The second kappa shape index (κ2) is 11.8. The van der Waals surface area contributed by atoms with Crippen molar-refractivity contribution in [2.75, 3.05) is 24.7 Å². The second-order valence-electron chi connectivity index (χ2n) is 9.25. The largest absolute Gasteiger partial charge is 0.463 e. The van der Waals surface area contributed by atoms with Gasteiger partial charge in [0.1, 0.15) is 6.10 Å². The van der Waals surface area contributed by atoms with E-state index >= 15 is 0 Å². The summed E-state index contributed by atoms with van der Waals surface area (Å²) in [5.74, 6) is -1.79. The summed E-state index contributed by atoms with van der Waals surface area (Å²) < 4.78 is 5.36. The number of likely N-dealkylation sites (tertiary alicyclic amines) is 1. The standard InChI is InChI=1S/C27H32N2O6/c30-25(34-22-15-17-28(18-16-22)19-20-9-3-1-4-10-20)26(31)35-29(27(32)33)24-14-8-7-13-23(24)21-11-5-2-6-12-21/h2,5-8,11-14,20,22H,1,3-4,9-10,15-19H2,(H,32,33). The summed E-state index contributed by atoms with van der Waals surface area (Å²) in [6.07, 6.45) is 5.91. The molecule has 2 aliphatic rings. The van der Waals surface area contributed by atoms with Crippen molar-refractivity contribution < 1.29 is 29.1 Å². The summed E-state index contributed by atoms with van der Waals surface area (Å²) in [7, 11) is 0. The van der Waals surface area contributed by atoms with Gasteiger partial charge in [-0.25, -0.2) is 14.4 Å². The maximum absolute atomic E-state index is 12.5. The number of benzene rings is 2.